The fraction of sp³-hybridized carbons (Fsp3) is 0.433. The average Bonchev–Trinajstić information content (AvgIpc) is 3.50. The summed E-state index contributed by atoms with van der Waals surface area (Å²) in [6.45, 7) is 9.77. The van der Waals surface area contributed by atoms with Gasteiger partial charge in [0.15, 0.2) is 5.69 Å². The Bertz CT molecular complexity index is 1550. The highest BCUT2D eigenvalue weighted by molar-refractivity contribution is 7.18. The fourth-order valence-electron chi connectivity index (χ4n) is 6.60. The van der Waals surface area contributed by atoms with Crippen molar-refractivity contribution in [3.8, 4) is 11.3 Å². The second-order valence-corrected chi connectivity index (χ2v) is 12.5. The molecule has 38 heavy (non-hydrogen) atoms. The highest BCUT2D eigenvalue weighted by atomic mass is 35.5. The van der Waals surface area contributed by atoms with Gasteiger partial charge in [0.2, 0.25) is 0 Å². The molecule has 0 aliphatic heterocycles. The molecular weight excluding hydrogens is 518 g/mol. The monoisotopic (exact) mass is 545 g/mol. The van der Waals surface area contributed by atoms with Gasteiger partial charge in [-0.3, -0.25) is 0 Å². The molecule has 8 heteroatoms. The summed E-state index contributed by atoms with van der Waals surface area (Å²) < 4.78 is 13.4. The number of benzene rings is 2. The van der Waals surface area contributed by atoms with Crippen LogP contribution in [0.1, 0.15) is 66.3 Å². The van der Waals surface area contributed by atoms with Crippen LogP contribution in [0.15, 0.2) is 40.9 Å². The van der Waals surface area contributed by atoms with Crippen LogP contribution in [0.2, 0.25) is 5.02 Å². The zero-order valence-electron chi connectivity index (χ0n) is 21.1. The number of hydrogen-bond acceptors (Lipinski definition) is 6. The predicted octanol–water partition coefficient (Wildman–Crippen LogP) is 7.93. The van der Waals surface area contributed by atoms with Gasteiger partial charge in [-0.1, -0.05) is 35.0 Å². The molecule has 3 saturated carbocycles. The van der Waals surface area contributed by atoms with Gasteiger partial charge in [0.1, 0.15) is 22.1 Å². The molecule has 0 spiro atoms. The molecule has 6 nitrogen and oxygen atoms in total. The van der Waals surface area contributed by atoms with Crippen molar-refractivity contribution in [1.82, 2.24) is 10.1 Å². The average molecular weight is 546 g/mol. The van der Waals surface area contributed by atoms with Crippen molar-refractivity contribution in [2.45, 2.75) is 69.7 Å². The van der Waals surface area contributed by atoms with Crippen LogP contribution in [-0.2, 0) is 16.9 Å². The van der Waals surface area contributed by atoms with E-state index in [9.17, 15) is 5.11 Å². The van der Waals surface area contributed by atoms with Crippen LogP contribution in [0, 0.1) is 25.3 Å². The minimum atomic E-state index is -0.933. The number of fused-ring (bicyclic) bond motifs is 3. The van der Waals surface area contributed by atoms with Gasteiger partial charge < -0.3 is 14.4 Å². The minimum Gasteiger partial charge on any atom is -0.382 e. The minimum absolute atomic E-state index is 0.0537. The molecule has 7 rings (SSSR count). The van der Waals surface area contributed by atoms with E-state index in [2.05, 4.69) is 10.0 Å². The third-order valence-corrected chi connectivity index (χ3v) is 10.2. The van der Waals surface area contributed by atoms with Crippen molar-refractivity contribution in [2.75, 3.05) is 0 Å². The lowest BCUT2D eigenvalue weighted by atomic mass is 9.73. The molecule has 2 bridgehead atoms. The summed E-state index contributed by atoms with van der Waals surface area (Å²) in [5, 5.41) is 17.9. The highest BCUT2D eigenvalue weighted by Gasteiger charge is 2.56. The maximum absolute atomic E-state index is 12.0. The standard InChI is InChI=1S/C30H28ClN3O3S/c1-16-4-3-5-23(31)26(16)27-22(28(37-34-27)17-6-7-17)15-36-21-12-18-8-9-19(13-21)30(18,35)29-33-24-11-10-20(32-2)14-25(24)38-29/h3-5,10-11,14,17-19,21,35H,6-9,12-13,15H2,1H3/t18-,19+,21?,30?. The number of ether oxygens (including phenoxy) is 1. The quantitative estimate of drug-likeness (QED) is 0.249. The highest BCUT2D eigenvalue weighted by Crippen LogP contribution is 2.57. The van der Waals surface area contributed by atoms with Crippen molar-refractivity contribution >= 4 is 38.8 Å². The van der Waals surface area contributed by atoms with Gasteiger partial charge in [-0.15, -0.1) is 11.3 Å². The Balaban J connectivity index is 1.13. The number of nitrogens with zero attached hydrogens (tertiary/aromatic N) is 3. The molecular formula is C30H28ClN3O3S. The van der Waals surface area contributed by atoms with Gasteiger partial charge in [-0.05, 0) is 81.0 Å². The molecule has 0 saturated heterocycles. The van der Waals surface area contributed by atoms with E-state index in [4.69, 9.17) is 32.4 Å². The first kappa shape index (κ1) is 24.3. The Labute approximate surface area is 230 Å². The van der Waals surface area contributed by atoms with Crippen molar-refractivity contribution in [1.29, 1.82) is 0 Å². The number of aryl methyl sites for hydroxylation is 1. The van der Waals surface area contributed by atoms with E-state index in [0.717, 1.165) is 81.9 Å². The van der Waals surface area contributed by atoms with E-state index in [0.29, 0.717) is 23.2 Å². The maximum atomic E-state index is 12.0. The molecule has 0 amide bonds. The molecule has 0 radical (unpaired) electrons. The maximum Gasteiger partial charge on any atom is 0.188 e. The summed E-state index contributed by atoms with van der Waals surface area (Å²) in [5.74, 6) is 1.54. The van der Waals surface area contributed by atoms with Crippen molar-refractivity contribution in [2.24, 2.45) is 11.8 Å². The first-order chi connectivity index (χ1) is 18.5. The Kier molecular flexibility index (Phi) is 5.86. The van der Waals surface area contributed by atoms with Gasteiger partial charge in [-0.2, -0.15) is 0 Å². The number of thiazole rings is 1. The molecule has 194 valence electrons. The Morgan fingerprint density at radius 1 is 1.18 bits per heavy atom. The van der Waals surface area contributed by atoms with E-state index >= 15 is 0 Å². The van der Waals surface area contributed by atoms with Crippen LogP contribution in [0.3, 0.4) is 0 Å². The van der Waals surface area contributed by atoms with E-state index in [-0.39, 0.29) is 17.9 Å². The number of rotatable bonds is 6. The van der Waals surface area contributed by atoms with E-state index in [1.807, 2.05) is 37.3 Å². The van der Waals surface area contributed by atoms with Gasteiger partial charge in [0.25, 0.3) is 0 Å². The lowest BCUT2D eigenvalue weighted by molar-refractivity contribution is -0.116. The topological polar surface area (TPSA) is 72.7 Å². The number of hydrogen-bond donors (Lipinski definition) is 1. The zero-order valence-corrected chi connectivity index (χ0v) is 22.7. The third kappa shape index (κ3) is 3.89. The molecule has 3 aliphatic carbocycles. The summed E-state index contributed by atoms with van der Waals surface area (Å²) in [4.78, 5) is 8.37. The number of aromatic nitrogens is 2. The van der Waals surface area contributed by atoms with E-state index in [1.54, 1.807) is 6.07 Å². The first-order valence-corrected chi connectivity index (χ1v) is 14.5. The Hall–Kier alpha value is -2.76. The zero-order chi connectivity index (χ0) is 26.0. The summed E-state index contributed by atoms with van der Waals surface area (Å²) in [5.41, 5.74) is 4.31. The summed E-state index contributed by atoms with van der Waals surface area (Å²) >= 11 is 8.13. The molecule has 2 aromatic heterocycles. The summed E-state index contributed by atoms with van der Waals surface area (Å²) in [6.07, 6.45) is 5.80. The Morgan fingerprint density at radius 3 is 2.68 bits per heavy atom. The molecule has 4 atom stereocenters. The second kappa shape index (κ2) is 9.17. The molecule has 2 aromatic carbocycles. The van der Waals surface area contributed by atoms with Gasteiger partial charge in [-0.25, -0.2) is 9.83 Å². The van der Waals surface area contributed by atoms with Crippen LogP contribution in [0.5, 0.6) is 0 Å². The van der Waals surface area contributed by atoms with E-state index in [1.165, 1.54) is 11.3 Å². The SMILES string of the molecule is [C-]#[N+]c1ccc2nc(C3(O)[C@@H]4CC[C@H]3CC(OCc3c(-c5c(C)cccc5Cl)noc3C3CC3)C4)sc2c1. The second-order valence-electron chi connectivity index (χ2n) is 11.1. The smallest absolute Gasteiger partial charge is 0.188 e. The van der Waals surface area contributed by atoms with Gasteiger partial charge >= 0.3 is 0 Å². The van der Waals surface area contributed by atoms with Crippen molar-refractivity contribution < 1.29 is 14.4 Å². The lowest BCUT2D eigenvalue weighted by Gasteiger charge is -2.41. The third-order valence-electron chi connectivity index (χ3n) is 8.74. The molecule has 1 N–H and O–H groups in total. The first-order valence-electron chi connectivity index (χ1n) is 13.3. The van der Waals surface area contributed by atoms with E-state index < -0.39 is 5.60 Å². The van der Waals surface area contributed by atoms with Crippen LogP contribution < -0.4 is 0 Å². The lowest BCUT2D eigenvalue weighted by Crippen LogP contribution is -2.44. The normalized spacial score (nSPS) is 26.6. The van der Waals surface area contributed by atoms with Crippen LogP contribution >= 0.6 is 22.9 Å². The predicted molar refractivity (Wildman–Crippen MR) is 147 cm³/mol. The Morgan fingerprint density at radius 2 is 1.97 bits per heavy atom. The van der Waals surface area contributed by atoms with Crippen LogP contribution in [-0.4, -0.2) is 21.4 Å². The summed E-state index contributed by atoms with van der Waals surface area (Å²) in [7, 11) is 0. The number of halogens is 1. The molecule has 2 unspecified atom stereocenters. The van der Waals surface area contributed by atoms with Crippen LogP contribution in [0.4, 0.5) is 5.69 Å². The van der Waals surface area contributed by atoms with Gasteiger partial charge in [0.05, 0.1) is 29.8 Å². The molecule has 3 fully saturated rings. The molecule has 3 aliphatic rings. The fourth-order valence-corrected chi connectivity index (χ4v) is 8.16. The largest absolute Gasteiger partial charge is 0.382 e. The molecule has 2 heterocycles. The van der Waals surface area contributed by atoms with Crippen molar-refractivity contribution in [3.63, 3.8) is 0 Å². The van der Waals surface area contributed by atoms with Crippen LogP contribution in [0.25, 0.3) is 26.3 Å². The summed E-state index contributed by atoms with van der Waals surface area (Å²) in [6, 6.07) is 11.4. The molecule has 4 aromatic rings. The number of aliphatic hydroxyl groups is 1. The van der Waals surface area contributed by atoms with Crippen molar-refractivity contribution in [3.05, 3.63) is 74.7 Å². The van der Waals surface area contributed by atoms with Gasteiger partial charge in [0, 0.05) is 21.7 Å².